The monoisotopic (exact) mass is 359 g/mol. The van der Waals surface area contributed by atoms with Gasteiger partial charge in [-0.15, -0.1) is 0 Å². The highest BCUT2D eigenvalue weighted by Gasteiger charge is 2.27. The molecular weight excluding hydrogens is 341 g/mol. The van der Waals surface area contributed by atoms with Crippen molar-refractivity contribution in [3.63, 3.8) is 0 Å². The Balaban J connectivity index is 1.72. The Hall–Kier alpha value is -3.09. The molecule has 3 rings (SSSR count). The van der Waals surface area contributed by atoms with E-state index in [9.17, 15) is 19.1 Å². The molecule has 0 aromatic heterocycles. The number of benzene rings is 2. The van der Waals surface area contributed by atoms with Gasteiger partial charge in [0.1, 0.15) is 5.75 Å². The van der Waals surface area contributed by atoms with Crippen molar-refractivity contribution in [2.75, 3.05) is 6.61 Å². The number of halogens is 1. The summed E-state index contributed by atoms with van der Waals surface area (Å²) in [6, 6.07) is 9.47. The van der Waals surface area contributed by atoms with Crippen molar-refractivity contribution >= 4 is 11.9 Å². The molecule has 7 heteroatoms. The third kappa shape index (κ3) is 3.77. The van der Waals surface area contributed by atoms with Crippen LogP contribution in [0.1, 0.15) is 24.1 Å². The second kappa shape index (κ2) is 7.43. The van der Waals surface area contributed by atoms with Crippen LogP contribution in [0.15, 0.2) is 42.5 Å². The number of aliphatic carboxylic acids is 1. The van der Waals surface area contributed by atoms with E-state index in [-0.39, 0.29) is 5.75 Å². The lowest BCUT2D eigenvalue weighted by Gasteiger charge is -2.19. The van der Waals surface area contributed by atoms with Gasteiger partial charge in [-0.3, -0.25) is 4.79 Å². The molecule has 6 nitrogen and oxygen atoms in total. The minimum Gasteiger partial charge on any atom is -0.493 e. The maximum atomic E-state index is 13.6. The van der Waals surface area contributed by atoms with Gasteiger partial charge in [-0.2, -0.15) is 0 Å². The topological polar surface area (TPSA) is 84.9 Å². The highest BCUT2D eigenvalue weighted by molar-refractivity contribution is 5.87. The van der Waals surface area contributed by atoms with Crippen molar-refractivity contribution in [3.8, 4) is 11.5 Å². The molecule has 26 heavy (non-hydrogen) atoms. The number of rotatable bonds is 6. The van der Waals surface area contributed by atoms with E-state index in [0.717, 1.165) is 11.3 Å². The number of para-hydroxylation sites is 1. The highest BCUT2D eigenvalue weighted by atomic mass is 19.1. The number of carbonyl (C=O) groups is 2. The van der Waals surface area contributed by atoms with Crippen LogP contribution >= 0.6 is 0 Å². The van der Waals surface area contributed by atoms with Crippen molar-refractivity contribution < 1.29 is 28.6 Å². The van der Waals surface area contributed by atoms with Crippen LogP contribution in [-0.4, -0.2) is 29.7 Å². The first-order chi connectivity index (χ1) is 12.5. The number of ether oxygens (including phenoxy) is 2. The number of carbonyl (C=O) groups excluding carboxylic acids is 1. The molecule has 1 aliphatic rings. The second-order valence-electron chi connectivity index (χ2n) is 5.94. The number of hydrogen-bond acceptors (Lipinski definition) is 4. The molecule has 1 amide bonds. The van der Waals surface area contributed by atoms with Crippen LogP contribution in [-0.2, 0) is 16.0 Å². The van der Waals surface area contributed by atoms with Gasteiger partial charge in [0.15, 0.2) is 23.7 Å². The average molecular weight is 359 g/mol. The van der Waals surface area contributed by atoms with Crippen molar-refractivity contribution in [2.45, 2.75) is 25.5 Å². The van der Waals surface area contributed by atoms with E-state index < -0.39 is 29.8 Å². The quantitative estimate of drug-likeness (QED) is 0.828. The summed E-state index contributed by atoms with van der Waals surface area (Å²) >= 11 is 0. The Kier molecular flexibility index (Phi) is 5.06. The van der Waals surface area contributed by atoms with E-state index in [1.54, 1.807) is 24.3 Å². The molecule has 0 radical (unpaired) electrons. The number of nitrogens with one attached hydrogen (secondary N) is 1. The van der Waals surface area contributed by atoms with E-state index >= 15 is 0 Å². The van der Waals surface area contributed by atoms with Crippen LogP contribution < -0.4 is 14.8 Å². The van der Waals surface area contributed by atoms with Gasteiger partial charge in [-0.05, 0) is 42.3 Å². The molecule has 0 bridgehead atoms. The molecule has 1 aliphatic heterocycles. The molecule has 2 N–H and O–H groups in total. The lowest BCUT2D eigenvalue weighted by atomic mass is 10.0. The van der Waals surface area contributed by atoms with Crippen molar-refractivity contribution in [1.29, 1.82) is 0 Å². The first-order valence-corrected chi connectivity index (χ1v) is 8.15. The fourth-order valence-electron chi connectivity index (χ4n) is 2.72. The fourth-order valence-corrected chi connectivity index (χ4v) is 2.72. The minimum absolute atomic E-state index is 0.0725. The van der Waals surface area contributed by atoms with Crippen LogP contribution in [0.4, 0.5) is 4.39 Å². The van der Waals surface area contributed by atoms with Crippen molar-refractivity contribution in [2.24, 2.45) is 0 Å². The summed E-state index contributed by atoms with van der Waals surface area (Å²) in [5, 5.41) is 11.9. The molecule has 2 aromatic rings. The Labute approximate surface area is 149 Å². The fraction of sp³-hybridized carbons (Fsp3) is 0.263. The van der Waals surface area contributed by atoms with E-state index in [1.165, 1.54) is 25.1 Å². The molecule has 0 fully saturated rings. The minimum atomic E-state index is -1.24. The molecule has 0 spiro atoms. The molecule has 0 aliphatic carbocycles. The molecule has 0 saturated carbocycles. The van der Waals surface area contributed by atoms with Gasteiger partial charge in [-0.1, -0.05) is 18.2 Å². The van der Waals surface area contributed by atoms with Crippen LogP contribution in [0, 0.1) is 5.82 Å². The zero-order valence-electron chi connectivity index (χ0n) is 14.1. The van der Waals surface area contributed by atoms with Crippen molar-refractivity contribution in [1.82, 2.24) is 5.32 Å². The second-order valence-corrected chi connectivity index (χ2v) is 5.94. The zero-order valence-corrected chi connectivity index (χ0v) is 14.1. The summed E-state index contributed by atoms with van der Waals surface area (Å²) in [5.74, 6) is -1.80. The summed E-state index contributed by atoms with van der Waals surface area (Å²) in [6.45, 7) is 1.98. The third-order valence-electron chi connectivity index (χ3n) is 4.09. The SMILES string of the molecule is CC(Oc1ccccc1F)C(=O)NC(C(=O)O)c1ccc2c(c1)CCO2. The lowest BCUT2D eigenvalue weighted by molar-refractivity contribution is -0.143. The maximum Gasteiger partial charge on any atom is 0.330 e. The van der Waals surface area contributed by atoms with E-state index in [1.807, 2.05) is 0 Å². The van der Waals surface area contributed by atoms with Gasteiger partial charge >= 0.3 is 5.97 Å². The molecule has 2 aromatic carbocycles. The van der Waals surface area contributed by atoms with Gasteiger partial charge < -0.3 is 19.9 Å². The smallest absolute Gasteiger partial charge is 0.330 e. The summed E-state index contributed by atoms with van der Waals surface area (Å²) in [5.41, 5.74) is 1.34. The summed E-state index contributed by atoms with van der Waals surface area (Å²) in [4.78, 5) is 24.0. The van der Waals surface area contributed by atoms with Gasteiger partial charge in [0.05, 0.1) is 6.61 Å². The van der Waals surface area contributed by atoms with Crippen molar-refractivity contribution in [3.05, 3.63) is 59.4 Å². The normalized spacial score (nSPS) is 14.7. The standard InChI is InChI=1S/C19H18FNO5/c1-11(26-16-5-3-2-4-14(16)20)18(22)21-17(19(23)24)13-6-7-15-12(10-13)8-9-25-15/h2-7,10-11,17H,8-9H2,1H3,(H,21,22)(H,23,24). The van der Waals surface area contributed by atoms with E-state index in [0.29, 0.717) is 18.6 Å². The summed E-state index contributed by atoms with van der Waals surface area (Å²) < 4.78 is 24.3. The molecule has 2 unspecified atom stereocenters. The Morgan fingerprint density at radius 1 is 1.27 bits per heavy atom. The Morgan fingerprint density at radius 2 is 2.04 bits per heavy atom. The molecule has 136 valence electrons. The third-order valence-corrected chi connectivity index (χ3v) is 4.09. The Morgan fingerprint density at radius 3 is 2.77 bits per heavy atom. The maximum absolute atomic E-state index is 13.6. The average Bonchev–Trinajstić information content (AvgIpc) is 3.08. The molecular formula is C19H18FNO5. The first-order valence-electron chi connectivity index (χ1n) is 8.15. The number of carboxylic acids is 1. The van der Waals surface area contributed by atoms with E-state index in [2.05, 4.69) is 5.32 Å². The number of carboxylic acid groups (broad SMARTS) is 1. The lowest BCUT2D eigenvalue weighted by Crippen LogP contribution is -2.41. The van der Waals surface area contributed by atoms with Gasteiger partial charge in [0.25, 0.3) is 5.91 Å². The molecule has 0 saturated heterocycles. The zero-order chi connectivity index (χ0) is 18.7. The largest absolute Gasteiger partial charge is 0.493 e. The van der Waals surface area contributed by atoms with Gasteiger partial charge in [-0.25, -0.2) is 9.18 Å². The first kappa shape index (κ1) is 17.7. The molecule has 2 atom stereocenters. The molecule has 1 heterocycles. The van der Waals surface area contributed by atoms with Crippen LogP contribution in [0.2, 0.25) is 0 Å². The van der Waals surface area contributed by atoms with Crippen LogP contribution in [0.3, 0.4) is 0 Å². The summed E-state index contributed by atoms with van der Waals surface area (Å²) in [6.07, 6.45) is -0.373. The predicted molar refractivity (Wildman–Crippen MR) is 90.7 cm³/mol. The summed E-state index contributed by atoms with van der Waals surface area (Å²) in [7, 11) is 0. The number of amides is 1. The van der Waals surface area contributed by atoms with Gasteiger partial charge in [0.2, 0.25) is 0 Å². The Bertz CT molecular complexity index is 838. The van der Waals surface area contributed by atoms with E-state index in [4.69, 9.17) is 9.47 Å². The van der Waals surface area contributed by atoms with Gasteiger partial charge in [0, 0.05) is 6.42 Å². The predicted octanol–water partition coefficient (Wildman–Crippen LogP) is 2.47. The number of fused-ring (bicyclic) bond motifs is 1. The van der Waals surface area contributed by atoms with Crippen LogP contribution in [0.25, 0.3) is 0 Å². The number of hydrogen-bond donors (Lipinski definition) is 2. The highest BCUT2D eigenvalue weighted by Crippen LogP contribution is 2.28. The van der Waals surface area contributed by atoms with Crippen LogP contribution in [0.5, 0.6) is 11.5 Å².